The minimum atomic E-state index is -0.564. The monoisotopic (exact) mass is 273 g/mol. The molecule has 1 rings (SSSR count). The van der Waals surface area contributed by atoms with E-state index in [-0.39, 0.29) is 0 Å². The molecule has 0 atom stereocenters. The molecule has 0 aromatic heterocycles. The number of carbonyl (C=O) groups is 2. The second kappa shape index (κ2) is 8.05. The molecular formula is C12H19NO4S. The van der Waals surface area contributed by atoms with Gasteiger partial charge in [0.25, 0.3) is 0 Å². The second-order valence-electron chi connectivity index (χ2n) is 3.89. The lowest BCUT2D eigenvalue weighted by atomic mass is 10.4. The number of rotatable bonds is 5. The molecule has 0 unspecified atom stereocenters. The molecule has 5 nitrogen and oxygen atoms in total. The second-order valence-corrected chi connectivity index (χ2v) is 5.93. The number of hydrogen-bond donors (Lipinski definition) is 0. The van der Waals surface area contributed by atoms with Gasteiger partial charge in [0, 0.05) is 43.3 Å². The van der Waals surface area contributed by atoms with Gasteiger partial charge in [0.1, 0.15) is 6.61 Å². The molecule has 18 heavy (non-hydrogen) atoms. The van der Waals surface area contributed by atoms with Crippen molar-refractivity contribution in [1.29, 1.82) is 0 Å². The average Bonchev–Trinajstić information content (AvgIpc) is 2.38. The number of nitrogens with zero attached hydrogens (tertiary/aromatic N) is 1. The zero-order valence-corrected chi connectivity index (χ0v) is 11.4. The molecule has 0 aromatic carbocycles. The number of carbonyl (C=O) groups excluding carboxylic acids is 2. The molecule has 102 valence electrons. The Bertz CT molecular complexity index is 344. The molecular weight excluding hydrogens is 254 g/mol. The number of hydrogen-bond acceptors (Lipinski definition) is 5. The van der Waals surface area contributed by atoms with Gasteiger partial charge in [0.15, 0.2) is 0 Å². The third-order valence-corrected chi connectivity index (χ3v) is 4.12. The third-order valence-electron chi connectivity index (χ3n) is 2.60. The van der Waals surface area contributed by atoms with Crippen LogP contribution < -0.4 is 0 Å². The van der Waals surface area contributed by atoms with E-state index in [1.165, 1.54) is 7.11 Å². The maximum atomic E-state index is 11.2. The smallest absolute Gasteiger partial charge is 0.331 e. The van der Waals surface area contributed by atoms with Crippen molar-refractivity contribution in [3.05, 3.63) is 12.2 Å². The van der Waals surface area contributed by atoms with Crippen LogP contribution in [0.4, 0.5) is 0 Å². The zero-order chi connectivity index (χ0) is 13.4. The minimum Gasteiger partial charge on any atom is -0.466 e. The molecule has 1 heterocycles. The van der Waals surface area contributed by atoms with Crippen LogP contribution in [0, 0.1) is 0 Å². The van der Waals surface area contributed by atoms with Gasteiger partial charge >= 0.3 is 11.9 Å². The molecule has 1 aliphatic rings. The highest BCUT2D eigenvalue weighted by atomic mass is 32.2. The Morgan fingerprint density at radius 3 is 2.50 bits per heavy atom. The fourth-order valence-corrected chi connectivity index (χ4v) is 2.72. The first kappa shape index (κ1) is 14.9. The summed E-state index contributed by atoms with van der Waals surface area (Å²) in [6.07, 6.45) is 2.13. The van der Waals surface area contributed by atoms with Crippen molar-refractivity contribution in [1.82, 2.24) is 4.90 Å². The quantitative estimate of drug-likeness (QED) is 0.409. The van der Waals surface area contributed by atoms with E-state index in [1.54, 1.807) is 0 Å². The van der Waals surface area contributed by atoms with Gasteiger partial charge in [-0.25, -0.2) is 9.59 Å². The van der Waals surface area contributed by atoms with Crippen molar-refractivity contribution < 1.29 is 19.1 Å². The van der Waals surface area contributed by atoms with Gasteiger partial charge in [-0.2, -0.15) is 10.5 Å². The summed E-state index contributed by atoms with van der Waals surface area (Å²) in [4.78, 5) is 24.2. The first-order chi connectivity index (χ1) is 8.61. The molecule has 1 aliphatic heterocycles. The molecule has 0 radical (unpaired) electrons. The normalized spacial score (nSPS) is 17.8. The van der Waals surface area contributed by atoms with Crippen molar-refractivity contribution >= 4 is 28.3 Å². The predicted molar refractivity (Wildman–Crippen MR) is 73.0 cm³/mol. The minimum absolute atomic E-state index is 0.303. The van der Waals surface area contributed by atoms with Crippen molar-refractivity contribution in [3.63, 3.8) is 0 Å². The topological polar surface area (TPSA) is 55.8 Å². The Hall–Kier alpha value is -1.14. The average molecular weight is 273 g/mol. The Labute approximate surface area is 110 Å². The van der Waals surface area contributed by atoms with Crippen molar-refractivity contribution in [3.8, 4) is 0 Å². The molecule has 0 aromatic rings. The Morgan fingerprint density at radius 1 is 1.28 bits per heavy atom. The highest BCUT2D eigenvalue weighted by molar-refractivity contribution is 8.14. The van der Waals surface area contributed by atoms with Crippen LogP contribution in [0.25, 0.3) is 0 Å². The van der Waals surface area contributed by atoms with E-state index in [0.29, 0.717) is 17.1 Å². The first-order valence-electron chi connectivity index (χ1n) is 5.74. The summed E-state index contributed by atoms with van der Waals surface area (Å²) in [5.74, 6) is 5.21. The Kier molecular flexibility index (Phi) is 6.67. The summed E-state index contributed by atoms with van der Waals surface area (Å²) >= 11 is 0. The number of methoxy groups -OCH3 is 1. The van der Waals surface area contributed by atoms with Crippen molar-refractivity contribution in [2.75, 3.05) is 44.9 Å². The molecule has 6 heteroatoms. The van der Waals surface area contributed by atoms with Crippen LogP contribution >= 0.6 is 10.5 Å². The molecule has 0 N–H and O–H groups in total. The van der Waals surface area contributed by atoms with Gasteiger partial charge in [-0.15, -0.1) is 0 Å². The Balaban J connectivity index is 2.14. The number of ether oxygens (including phenoxy) is 2. The number of esters is 2. The highest BCUT2D eigenvalue weighted by Crippen LogP contribution is 2.14. The molecule has 0 bridgehead atoms. The van der Waals surface area contributed by atoms with Crippen LogP contribution in [0.5, 0.6) is 0 Å². The summed E-state index contributed by atoms with van der Waals surface area (Å²) in [6, 6.07) is 0. The van der Waals surface area contributed by atoms with Crippen LogP contribution in [0.1, 0.15) is 0 Å². The van der Waals surface area contributed by atoms with Gasteiger partial charge < -0.3 is 9.47 Å². The molecule has 0 amide bonds. The summed E-state index contributed by atoms with van der Waals surface area (Å²) in [6.45, 7) is 3.11. The van der Waals surface area contributed by atoms with Crippen molar-refractivity contribution in [2.24, 2.45) is 0 Å². The zero-order valence-electron chi connectivity index (χ0n) is 10.6. The van der Waals surface area contributed by atoms with Gasteiger partial charge in [-0.1, -0.05) is 5.87 Å². The summed E-state index contributed by atoms with van der Waals surface area (Å²) in [5.41, 5.74) is 0. The maximum Gasteiger partial charge on any atom is 0.331 e. The van der Waals surface area contributed by atoms with E-state index in [9.17, 15) is 9.59 Å². The Morgan fingerprint density at radius 2 is 1.89 bits per heavy atom. The lowest BCUT2D eigenvalue weighted by Gasteiger charge is -2.27. The molecule has 1 saturated heterocycles. The van der Waals surface area contributed by atoms with Crippen LogP contribution in [0.15, 0.2) is 12.2 Å². The molecule has 1 fully saturated rings. The maximum absolute atomic E-state index is 11.2. The lowest BCUT2D eigenvalue weighted by molar-refractivity contribution is -0.139. The van der Waals surface area contributed by atoms with E-state index < -0.39 is 11.9 Å². The molecule has 0 saturated carbocycles. The molecule has 0 aliphatic carbocycles. The van der Waals surface area contributed by atoms with Crippen LogP contribution in [0.3, 0.4) is 0 Å². The van der Waals surface area contributed by atoms with E-state index >= 15 is 0 Å². The van der Waals surface area contributed by atoms with E-state index in [0.717, 1.165) is 43.3 Å². The summed E-state index contributed by atoms with van der Waals surface area (Å²) in [5, 5.41) is 0. The predicted octanol–water partition coefficient (Wildman–Crippen LogP) is 0.275. The largest absolute Gasteiger partial charge is 0.466 e. The van der Waals surface area contributed by atoms with Crippen LogP contribution in [-0.2, 0) is 19.1 Å². The van der Waals surface area contributed by atoms with Crippen LogP contribution in [0.2, 0.25) is 0 Å². The fourth-order valence-electron chi connectivity index (χ4n) is 1.48. The fraction of sp³-hybridized carbons (Fsp3) is 0.583. The first-order valence-corrected chi connectivity index (χ1v) is 7.47. The van der Waals surface area contributed by atoms with Gasteiger partial charge in [-0.3, -0.25) is 4.90 Å². The summed E-state index contributed by atoms with van der Waals surface area (Å²) in [7, 11) is 1.56. The van der Waals surface area contributed by atoms with Gasteiger partial charge in [0.2, 0.25) is 0 Å². The van der Waals surface area contributed by atoms with E-state index in [4.69, 9.17) is 4.74 Å². The van der Waals surface area contributed by atoms with Gasteiger partial charge in [-0.05, 0) is 0 Å². The SMILES string of the molecule is C=S1CCN(CCOC(=O)/C=C/C(=O)OC)CC1. The van der Waals surface area contributed by atoms with Crippen LogP contribution in [-0.4, -0.2) is 67.6 Å². The lowest BCUT2D eigenvalue weighted by Crippen LogP contribution is -2.36. The third kappa shape index (κ3) is 5.97. The van der Waals surface area contributed by atoms with E-state index in [2.05, 4.69) is 15.5 Å². The summed E-state index contributed by atoms with van der Waals surface area (Å²) < 4.78 is 9.34. The van der Waals surface area contributed by atoms with Crippen molar-refractivity contribution in [2.45, 2.75) is 0 Å². The highest BCUT2D eigenvalue weighted by Gasteiger charge is 2.11. The van der Waals surface area contributed by atoms with E-state index in [1.807, 2.05) is 0 Å². The van der Waals surface area contributed by atoms with Gasteiger partial charge in [0.05, 0.1) is 7.11 Å². The molecule has 0 spiro atoms. The standard InChI is InChI=1S/C12H19NO4S/c1-16-11(14)3-4-12(15)17-8-5-13-6-9-18(2)10-7-13/h3-4H,2,5-10H2,1H3/b4-3+.